The molecule has 2 aromatic heterocycles. The number of fused-ring (bicyclic) bond motifs is 6. The summed E-state index contributed by atoms with van der Waals surface area (Å²) in [7, 11) is 0. The number of nitro benzene ring substituents is 1. The zero-order valence-electron chi connectivity index (χ0n) is 28.8. The highest BCUT2D eigenvalue weighted by atomic mass is 16.6. The van der Waals surface area contributed by atoms with E-state index in [4.69, 9.17) is 15.0 Å². The number of hydrogen-bond donors (Lipinski definition) is 0. The van der Waals surface area contributed by atoms with E-state index in [2.05, 4.69) is 34.9 Å². The van der Waals surface area contributed by atoms with Crippen molar-refractivity contribution in [1.82, 2.24) is 19.5 Å². The van der Waals surface area contributed by atoms with Crippen LogP contribution in [0.4, 0.5) is 5.69 Å². The van der Waals surface area contributed by atoms with Crippen molar-refractivity contribution in [2.45, 2.75) is 0 Å². The van der Waals surface area contributed by atoms with Gasteiger partial charge in [-0.25, -0.2) is 15.0 Å². The van der Waals surface area contributed by atoms with Crippen LogP contribution in [0.1, 0.15) is 0 Å². The Hall–Kier alpha value is -7.51. The van der Waals surface area contributed by atoms with Gasteiger partial charge in [-0.15, -0.1) is 0 Å². The summed E-state index contributed by atoms with van der Waals surface area (Å²) in [6, 6.07) is 58.0. The van der Waals surface area contributed by atoms with Gasteiger partial charge in [-0.3, -0.25) is 10.1 Å². The van der Waals surface area contributed by atoms with Gasteiger partial charge in [0.15, 0.2) is 17.5 Å². The fraction of sp³-hybridized carbons (Fsp3) is 0. The molecular weight excluding hydrogens is 667 g/mol. The molecular formula is C47H29N5O2. The Morgan fingerprint density at radius 2 is 0.926 bits per heavy atom. The second kappa shape index (κ2) is 12.6. The molecule has 0 spiro atoms. The first kappa shape index (κ1) is 31.2. The van der Waals surface area contributed by atoms with E-state index in [0.29, 0.717) is 28.4 Å². The summed E-state index contributed by atoms with van der Waals surface area (Å²) < 4.78 is 2.23. The number of aromatic nitrogens is 4. The zero-order valence-corrected chi connectivity index (χ0v) is 28.8. The Morgan fingerprint density at radius 1 is 0.444 bits per heavy atom. The van der Waals surface area contributed by atoms with Crippen molar-refractivity contribution in [2.24, 2.45) is 0 Å². The fourth-order valence-corrected chi connectivity index (χ4v) is 7.81. The number of rotatable bonds is 6. The summed E-state index contributed by atoms with van der Waals surface area (Å²) in [6.07, 6.45) is 0. The summed E-state index contributed by atoms with van der Waals surface area (Å²) in [6.45, 7) is 0. The zero-order chi connectivity index (χ0) is 36.2. The molecule has 10 aromatic rings. The Kier molecular flexibility index (Phi) is 7.30. The number of benzene rings is 8. The maximum Gasteiger partial charge on any atom is 0.285 e. The summed E-state index contributed by atoms with van der Waals surface area (Å²) in [4.78, 5) is 27.7. The van der Waals surface area contributed by atoms with Crippen LogP contribution in [-0.4, -0.2) is 24.4 Å². The van der Waals surface area contributed by atoms with Crippen LogP contribution in [0, 0.1) is 10.1 Å². The van der Waals surface area contributed by atoms with E-state index in [9.17, 15) is 10.1 Å². The highest BCUT2D eigenvalue weighted by molar-refractivity contribution is 6.24. The van der Waals surface area contributed by atoms with Crippen LogP contribution in [-0.2, 0) is 0 Å². The molecule has 0 N–H and O–H groups in total. The molecule has 0 saturated heterocycles. The smallest absolute Gasteiger partial charge is 0.285 e. The Bertz CT molecular complexity index is 3030. The lowest BCUT2D eigenvalue weighted by Gasteiger charge is -2.14. The van der Waals surface area contributed by atoms with Gasteiger partial charge in [0.25, 0.3) is 5.69 Å². The van der Waals surface area contributed by atoms with Crippen molar-refractivity contribution >= 4 is 49.0 Å². The van der Waals surface area contributed by atoms with Gasteiger partial charge in [0.2, 0.25) is 0 Å². The third kappa shape index (κ3) is 5.02. The topological polar surface area (TPSA) is 86.7 Å². The number of nitro groups is 1. The molecule has 0 saturated carbocycles. The maximum absolute atomic E-state index is 13.1. The summed E-state index contributed by atoms with van der Waals surface area (Å²) in [5.41, 5.74) is 7.00. The first-order valence-corrected chi connectivity index (χ1v) is 17.7. The van der Waals surface area contributed by atoms with Crippen LogP contribution in [0.3, 0.4) is 0 Å². The number of nitrogens with zero attached hydrogens (tertiary/aromatic N) is 5. The third-order valence-electron chi connectivity index (χ3n) is 10.1. The van der Waals surface area contributed by atoms with Gasteiger partial charge in [-0.1, -0.05) is 146 Å². The molecule has 8 aromatic carbocycles. The molecule has 7 nitrogen and oxygen atoms in total. The molecule has 54 heavy (non-hydrogen) atoms. The molecule has 0 atom stereocenters. The molecule has 0 aliphatic heterocycles. The predicted molar refractivity (Wildman–Crippen MR) is 218 cm³/mol. The normalized spacial score (nSPS) is 11.5. The van der Waals surface area contributed by atoms with E-state index < -0.39 is 0 Å². The molecule has 0 aliphatic carbocycles. The monoisotopic (exact) mass is 695 g/mol. The summed E-state index contributed by atoms with van der Waals surface area (Å²) in [5.74, 6) is 1.75. The Labute approximate surface area is 309 Å². The maximum atomic E-state index is 13.1. The first-order valence-electron chi connectivity index (χ1n) is 17.7. The summed E-state index contributed by atoms with van der Waals surface area (Å²) in [5, 5.41) is 18.3. The van der Waals surface area contributed by atoms with Crippen molar-refractivity contribution in [3.63, 3.8) is 0 Å². The van der Waals surface area contributed by atoms with E-state index >= 15 is 0 Å². The van der Waals surface area contributed by atoms with Gasteiger partial charge >= 0.3 is 0 Å². The van der Waals surface area contributed by atoms with Gasteiger partial charge in [-0.05, 0) is 52.1 Å². The van der Waals surface area contributed by atoms with E-state index in [0.717, 1.165) is 65.9 Å². The first-order chi connectivity index (χ1) is 26.6. The average molecular weight is 696 g/mol. The molecule has 0 aliphatic rings. The molecule has 0 amide bonds. The molecule has 10 rings (SSSR count). The molecule has 7 heteroatoms. The minimum absolute atomic E-state index is 0.105. The van der Waals surface area contributed by atoms with Gasteiger partial charge in [0, 0.05) is 33.2 Å². The van der Waals surface area contributed by atoms with E-state index in [1.165, 1.54) is 0 Å². The van der Waals surface area contributed by atoms with Crippen molar-refractivity contribution in [1.29, 1.82) is 0 Å². The molecule has 0 bridgehead atoms. The predicted octanol–water partition coefficient (Wildman–Crippen LogP) is 11.9. The van der Waals surface area contributed by atoms with Crippen LogP contribution in [0.2, 0.25) is 0 Å². The third-order valence-corrected chi connectivity index (χ3v) is 10.1. The van der Waals surface area contributed by atoms with Crippen molar-refractivity contribution in [2.75, 3.05) is 0 Å². The standard InChI is InChI=1S/C47H29N5O2/c53-52(54)44-37-24-10-8-22-35(37)34-21-7-9-23-36(34)43(44)39-26-14-28-41-42(39)38-25-11-12-27-40(38)51(41)33-20-13-19-32(29-33)47-49-45(30-15-3-1-4-16-30)48-46(50-47)31-17-5-2-6-18-31/h1-29H. The SMILES string of the molecule is O=[N+]([O-])c1c(-c2cccc3c2c2ccccc2n3-c2cccc(-c3nc(-c4ccccc4)nc(-c4ccccc4)n3)c2)c2ccccc2c2ccccc12. The highest BCUT2D eigenvalue weighted by Gasteiger charge is 2.27. The van der Waals surface area contributed by atoms with Crippen molar-refractivity contribution in [3.05, 3.63) is 186 Å². The van der Waals surface area contributed by atoms with Gasteiger partial charge in [0.1, 0.15) is 0 Å². The van der Waals surface area contributed by atoms with Crippen LogP contribution >= 0.6 is 0 Å². The summed E-state index contributed by atoms with van der Waals surface area (Å²) >= 11 is 0. The molecule has 0 unspecified atom stereocenters. The molecule has 0 fully saturated rings. The van der Waals surface area contributed by atoms with E-state index in [1.807, 2.05) is 146 Å². The molecule has 0 radical (unpaired) electrons. The fourth-order valence-electron chi connectivity index (χ4n) is 7.81. The van der Waals surface area contributed by atoms with Gasteiger partial charge in [-0.2, -0.15) is 0 Å². The Balaban J connectivity index is 1.22. The minimum Gasteiger partial charge on any atom is -0.309 e. The van der Waals surface area contributed by atoms with Gasteiger partial charge in [0.05, 0.1) is 26.9 Å². The van der Waals surface area contributed by atoms with Crippen LogP contribution < -0.4 is 0 Å². The number of hydrogen-bond acceptors (Lipinski definition) is 5. The van der Waals surface area contributed by atoms with Crippen LogP contribution in [0.5, 0.6) is 0 Å². The molecule has 2 heterocycles. The van der Waals surface area contributed by atoms with Gasteiger partial charge < -0.3 is 4.57 Å². The largest absolute Gasteiger partial charge is 0.309 e. The lowest BCUT2D eigenvalue weighted by atomic mass is 9.89. The lowest BCUT2D eigenvalue weighted by molar-refractivity contribution is -0.382. The second-order valence-corrected chi connectivity index (χ2v) is 13.2. The average Bonchev–Trinajstić information content (AvgIpc) is 3.58. The minimum atomic E-state index is -0.228. The van der Waals surface area contributed by atoms with Crippen LogP contribution in [0.15, 0.2) is 176 Å². The lowest BCUT2D eigenvalue weighted by Crippen LogP contribution is -2.01. The van der Waals surface area contributed by atoms with E-state index in [1.54, 1.807) is 0 Å². The molecule has 254 valence electrons. The highest BCUT2D eigenvalue weighted by Crippen LogP contribution is 2.47. The number of para-hydroxylation sites is 1. The Morgan fingerprint density at radius 3 is 1.57 bits per heavy atom. The van der Waals surface area contributed by atoms with E-state index in [-0.39, 0.29) is 10.6 Å². The van der Waals surface area contributed by atoms with Crippen molar-refractivity contribution < 1.29 is 4.92 Å². The quantitative estimate of drug-likeness (QED) is 0.0981. The second-order valence-electron chi connectivity index (χ2n) is 13.2. The van der Waals surface area contributed by atoms with Crippen LogP contribution in [0.25, 0.3) is 94.3 Å². The van der Waals surface area contributed by atoms with Crippen molar-refractivity contribution in [3.8, 4) is 51.0 Å².